The van der Waals surface area contributed by atoms with Crippen LogP contribution in [0.25, 0.3) is 0 Å². The van der Waals surface area contributed by atoms with E-state index in [1.54, 1.807) is 37.3 Å². The Labute approximate surface area is 553 Å². The monoisotopic (exact) mass is 1330 g/mol. The zero-order valence-electron chi connectivity index (χ0n) is 56.0. The highest BCUT2D eigenvalue weighted by molar-refractivity contribution is 5.99. The molecule has 1 aliphatic heterocycles. The minimum atomic E-state index is -1.47. The summed E-state index contributed by atoms with van der Waals surface area (Å²) in [7, 11) is 0. The molecule has 1 aromatic rings. The van der Waals surface area contributed by atoms with Crippen LogP contribution in [0.15, 0.2) is 30.3 Å². The molecular formula is C66H111N13O15. The summed E-state index contributed by atoms with van der Waals surface area (Å²) in [6.07, 6.45) is -0.129. The lowest BCUT2D eigenvalue weighted by Crippen LogP contribution is -2.57. The second-order valence-corrected chi connectivity index (χ2v) is 25.3. The van der Waals surface area contributed by atoms with Crippen molar-refractivity contribution in [2.24, 2.45) is 58.3 Å². The van der Waals surface area contributed by atoms with Gasteiger partial charge in [-0.2, -0.15) is 0 Å². The molecule has 28 nitrogen and oxygen atoms in total. The van der Waals surface area contributed by atoms with Gasteiger partial charge in [0.05, 0.1) is 48.2 Å². The lowest BCUT2D eigenvalue weighted by molar-refractivity contribution is -0.137. The molecule has 2 rings (SSSR count). The molecule has 28 heteroatoms. The Balaban J connectivity index is 2.50. The SMILES string of the molecule is CC(=O)CCCCCCC(=O)NCCCCCC(=O)N[C@@H](CCN)C(=O)C[C@H](C(=O)N[C@@H](CCN)C(=O)C[C@H]1CCNC(=O)[C@H]([C@@H](C)O)CC(=O)[C@H](CCN)NC(=O)[C@H](CCN)NC(=O)[C@H](CC(C)C)NC(=O)[C@@H](Cc2ccccc2)CC(=O)[C@H](CCN)NC1=O)[C@@H](C)O. The van der Waals surface area contributed by atoms with Crippen molar-refractivity contribution in [3.8, 4) is 0 Å². The molecule has 0 unspecified atom stereocenters. The van der Waals surface area contributed by atoms with E-state index in [-0.39, 0.29) is 115 Å². The maximum absolute atomic E-state index is 14.7. The highest BCUT2D eigenvalue weighted by atomic mass is 16.3. The number of benzene rings is 1. The smallest absolute Gasteiger partial charge is 0.243 e. The van der Waals surface area contributed by atoms with E-state index in [1.807, 2.05) is 13.8 Å². The molecule has 12 atom stereocenters. The van der Waals surface area contributed by atoms with Gasteiger partial charge in [-0.3, -0.25) is 57.5 Å². The molecule has 530 valence electrons. The van der Waals surface area contributed by atoms with Crippen molar-refractivity contribution in [1.29, 1.82) is 0 Å². The number of amides is 8. The van der Waals surface area contributed by atoms with E-state index < -0.39 is 162 Å². The number of unbranched alkanes of at least 4 members (excludes halogenated alkanes) is 5. The van der Waals surface area contributed by atoms with Crippen LogP contribution in [-0.4, -0.2) is 181 Å². The summed E-state index contributed by atoms with van der Waals surface area (Å²) >= 11 is 0. The largest absolute Gasteiger partial charge is 0.393 e. The Morgan fingerprint density at radius 1 is 0.564 bits per heavy atom. The number of Topliss-reactive ketones (excluding diaryl/α,β-unsaturated/α-hetero) is 5. The van der Waals surface area contributed by atoms with Crippen LogP contribution < -0.4 is 71.2 Å². The van der Waals surface area contributed by atoms with Crippen LogP contribution in [0, 0.1) is 29.6 Å². The van der Waals surface area contributed by atoms with Gasteiger partial charge in [0.15, 0.2) is 23.1 Å². The number of aliphatic hydroxyl groups is 2. The molecule has 1 heterocycles. The van der Waals surface area contributed by atoms with Gasteiger partial charge in [-0.25, -0.2) is 0 Å². The number of hydrogen-bond acceptors (Lipinski definition) is 20. The van der Waals surface area contributed by atoms with E-state index in [0.29, 0.717) is 44.2 Å². The maximum atomic E-state index is 14.7. The van der Waals surface area contributed by atoms with Crippen molar-refractivity contribution in [3.05, 3.63) is 35.9 Å². The number of hydrogen-bond donors (Lipinski definition) is 15. The van der Waals surface area contributed by atoms with E-state index in [0.717, 1.165) is 25.7 Å². The van der Waals surface area contributed by atoms with Gasteiger partial charge in [0.1, 0.15) is 17.9 Å². The summed E-state index contributed by atoms with van der Waals surface area (Å²) in [5.74, 6) is -13.6. The summed E-state index contributed by atoms with van der Waals surface area (Å²) in [4.78, 5) is 179. The number of nitrogens with two attached hydrogens (primary N) is 5. The van der Waals surface area contributed by atoms with Gasteiger partial charge >= 0.3 is 0 Å². The average molecular weight is 1330 g/mol. The lowest BCUT2D eigenvalue weighted by atomic mass is 9.89. The standard InChI is InChI=1S/C66H111N13O15/c1-40(2)34-54-66(94)78-53(25-31-71)65(93)77-52(24-30-70)58(86)38-47(42(4)81)63(91)73-33-26-45(61(89)75-50(22-28-68)56(84)37-46(62(90)79-54)35-44-17-11-8-12-18-44)36-55(83)51(23-29-69)76-64(92)48(43(5)82)39-57(85)49(21-27-67)74-60(88)20-14-9-15-32-72-59(87)19-13-7-6-10-16-41(3)80/h8,11-12,17-18,40,42-43,45-54,81-82H,6-7,9-10,13-16,19-39,67-71H2,1-5H3,(H,72,87)(H,73,91)(H,74,88)(H,75,89)(H,76,92)(H,77,93)(H,78,94)(H,79,90)/t42-,43-,45-,46+,47+,48+,49+,50+,51+,52+,53+,54+/m1/s1. The fourth-order valence-electron chi connectivity index (χ4n) is 11.1. The quantitative estimate of drug-likeness (QED) is 0.0357. The Bertz CT molecular complexity index is 2590. The minimum absolute atomic E-state index is 0.000909. The van der Waals surface area contributed by atoms with Crippen molar-refractivity contribution < 1.29 is 72.5 Å². The summed E-state index contributed by atoms with van der Waals surface area (Å²) in [5, 5.41) is 43.4. The molecule has 1 aliphatic rings. The van der Waals surface area contributed by atoms with E-state index in [1.165, 1.54) is 13.8 Å². The minimum Gasteiger partial charge on any atom is -0.393 e. The second-order valence-electron chi connectivity index (χ2n) is 25.3. The molecule has 1 aromatic carbocycles. The first-order chi connectivity index (χ1) is 44.7. The Morgan fingerprint density at radius 3 is 1.64 bits per heavy atom. The molecule has 94 heavy (non-hydrogen) atoms. The molecule has 20 N–H and O–H groups in total. The number of aliphatic hydroxyl groups excluding tert-OH is 2. The highest BCUT2D eigenvalue weighted by Crippen LogP contribution is 2.22. The predicted octanol–water partition coefficient (Wildman–Crippen LogP) is -0.883. The highest BCUT2D eigenvalue weighted by Gasteiger charge is 2.38. The molecule has 0 saturated carbocycles. The van der Waals surface area contributed by atoms with Crippen LogP contribution in [0.2, 0.25) is 0 Å². The van der Waals surface area contributed by atoms with Crippen molar-refractivity contribution in [3.63, 3.8) is 0 Å². The molecule has 8 amide bonds. The maximum Gasteiger partial charge on any atom is 0.243 e. The molecule has 0 radical (unpaired) electrons. The summed E-state index contributed by atoms with van der Waals surface area (Å²) in [5.41, 5.74) is 30.3. The van der Waals surface area contributed by atoms with Crippen molar-refractivity contribution >= 4 is 76.2 Å². The zero-order valence-corrected chi connectivity index (χ0v) is 56.0. The number of carbonyl (C=O) groups excluding carboxylic acids is 13. The first-order valence-corrected chi connectivity index (χ1v) is 33.6. The molecule has 1 saturated heterocycles. The zero-order chi connectivity index (χ0) is 70.3. The van der Waals surface area contributed by atoms with Gasteiger partial charge in [-0.15, -0.1) is 0 Å². The van der Waals surface area contributed by atoms with Crippen LogP contribution in [0.1, 0.15) is 175 Å². The summed E-state index contributed by atoms with van der Waals surface area (Å²) in [6.45, 7) is 7.26. The Kier molecular flexibility index (Phi) is 40.9. The van der Waals surface area contributed by atoms with Crippen molar-refractivity contribution in [2.45, 2.75) is 224 Å². The van der Waals surface area contributed by atoms with Crippen LogP contribution in [-0.2, 0) is 68.7 Å². The van der Waals surface area contributed by atoms with Gasteiger partial charge in [-0.1, -0.05) is 63.4 Å². The van der Waals surface area contributed by atoms with Crippen molar-refractivity contribution in [2.75, 3.05) is 45.8 Å². The summed E-state index contributed by atoms with van der Waals surface area (Å²) < 4.78 is 0. The Morgan fingerprint density at radius 2 is 1.07 bits per heavy atom. The lowest BCUT2D eigenvalue weighted by Gasteiger charge is -2.28. The van der Waals surface area contributed by atoms with Gasteiger partial charge in [0, 0.05) is 69.9 Å². The van der Waals surface area contributed by atoms with Crippen LogP contribution in [0.4, 0.5) is 0 Å². The van der Waals surface area contributed by atoms with Crippen LogP contribution in [0.5, 0.6) is 0 Å². The molecule has 0 spiro atoms. The van der Waals surface area contributed by atoms with Crippen molar-refractivity contribution in [1.82, 2.24) is 42.5 Å². The third-order valence-corrected chi connectivity index (χ3v) is 16.6. The Hall–Kier alpha value is -6.95. The second kappa shape index (κ2) is 46.2. The third kappa shape index (κ3) is 32.5. The predicted molar refractivity (Wildman–Crippen MR) is 353 cm³/mol. The molecule has 0 aromatic heterocycles. The van der Waals surface area contributed by atoms with Gasteiger partial charge in [0.25, 0.3) is 0 Å². The number of ketones is 5. The fourth-order valence-corrected chi connectivity index (χ4v) is 11.1. The number of nitrogens with one attached hydrogen (secondary N) is 8. The van der Waals surface area contributed by atoms with Gasteiger partial charge in [0.2, 0.25) is 47.3 Å². The first-order valence-electron chi connectivity index (χ1n) is 33.6. The number of carbonyl (C=O) groups is 13. The average Bonchev–Trinajstić information content (AvgIpc) is 1.04. The molecule has 1 fully saturated rings. The van der Waals surface area contributed by atoms with Gasteiger partial charge in [-0.05, 0) is 142 Å². The normalized spacial score (nSPS) is 21.6. The van der Waals surface area contributed by atoms with E-state index in [4.69, 9.17) is 28.7 Å². The first kappa shape index (κ1) is 83.1. The summed E-state index contributed by atoms with van der Waals surface area (Å²) in [6, 6.07) is 0.979. The van der Waals surface area contributed by atoms with E-state index in [2.05, 4.69) is 42.5 Å². The topological polar surface area (TPSA) is 489 Å². The van der Waals surface area contributed by atoms with Crippen LogP contribution >= 0.6 is 0 Å². The van der Waals surface area contributed by atoms with E-state index >= 15 is 0 Å². The molecular weight excluding hydrogens is 1210 g/mol. The number of rotatable bonds is 38. The van der Waals surface area contributed by atoms with Crippen LogP contribution in [0.3, 0.4) is 0 Å². The molecule has 0 bridgehead atoms. The van der Waals surface area contributed by atoms with E-state index in [9.17, 15) is 72.5 Å². The van der Waals surface area contributed by atoms with Gasteiger partial charge < -0.3 is 86.2 Å². The molecule has 0 aliphatic carbocycles. The third-order valence-electron chi connectivity index (χ3n) is 16.6. The fraction of sp³-hybridized carbons (Fsp3) is 0.712.